The smallest absolute Gasteiger partial charge is 0.144 e. The topological polar surface area (TPSA) is 35.4 Å². The molecule has 0 radical (unpaired) electrons. The van der Waals surface area contributed by atoms with Crippen molar-refractivity contribution in [1.29, 1.82) is 0 Å². The number of hydrogen-bond acceptors (Lipinski definition) is 2. The summed E-state index contributed by atoms with van der Waals surface area (Å²) >= 11 is -1.19. The van der Waals surface area contributed by atoms with Crippen LogP contribution >= 0.6 is 0 Å². The van der Waals surface area contributed by atoms with Crippen molar-refractivity contribution in [3.63, 3.8) is 0 Å². The van der Waals surface area contributed by atoms with Gasteiger partial charge in [0.15, 0.2) is 0 Å². The molecule has 0 saturated heterocycles. The monoisotopic (exact) mass is 237 g/mol. The lowest BCUT2D eigenvalue weighted by atomic mass is 10.1. The van der Waals surface area contributed by atoms with Crippen LogP contribution in [0.5, 0.6) is 0 Å². The Labute approximate surface area is 101 Å². The summed E-state index contributed by atoms with van der Waals surface area (Å²) in [4.78, 5) is 0. The average Bonchev–Trinajstić information content (AvgIpc) is 2.16. The van der Waals surface area contributed by atoms with E-state index in [0.717, 1.165) is 11.3 Å². The molecule has 0 saturated carbocycles. The molecule has 0 amide bonds. The Balaban J connectivity index is 2.94. The zero-order valence-electron chi connectivity index (χ0n) is 10.6. The van der Waals surface area contributed by atoms with Crippen molar-refractivity contribution in [2.75, 3.05) is 0 Å². The third-order valence-corrected chi connectivity index (χ3v) is 3.67. The molecular formula is C13H19NOS. The van der Waals surface area contributed by atoms with Crippen LogP contribution in [0.1, 0.15) is 38.8 Å². The van der Waals surface area contributed by atoms with Gasteiger partial charge in [0.1, 0.15) is 16.1 Å². The van der Waals surface area contributed by atoms with Crippen LogP contribution < -0.4 is 0 Å². The van der Waals surface area contributed by atoms with Crippen LogP contribution in [0.3, 0.4) is 0 Å². The number of hydrogen-bond donors (Lipinski definition) is 0. The maximum absolute atomic E-state index is 11.9. The zero-order valence-corrected chi connectivity index (χ0v) is 11.4. The summed E-state index contributed by atoms with van der Waals surface area (Å²) in [6.45, 7) is 9.72. The molecule has 0 aliphatic heterocycles. The fraction of sp³-hybridized carbons (Fsp3) is 0.462. The van der Waals surface area contributed by atoms with Gasteiger partial charge in [0.05, 0.1) is 5.71 Å². The SMILES string of the molecule is C/C(=N\[S+]([O-])C(C)(C)C)c1cccc(C)c1. The molecule has 0 fully saturated rings. The van der Waals surface area contributed by atoms with E-state index in [2.05, 4.69) is 10.5 Å². The molecule has 16 heavy (non-hydrogen) atoms. The molecule has 0 spiro atoms. The summed E-state index contributed by atoms with van der Waals surface area (Å²) in [6.07, 6.45) is 0. The average molecular weight is 237 g/mol. The van der Waals surface area contributed by atoms with Gasteiger partial charge in [-0.05, 0) is 34.6 Å². The van der Waals surface area contributed by atoms with Crippen LogP contribution in [0.4, 0.5) is 0 Å². The molecule has 0 bridgehead atoms. The van der Waals surface area contributed by atoms with E-state index in [4.69, 9.17) is 0 Å². The first-order chi connectivity index (χ1) is 7.30. The minimum Gasteiger partial charge on any atom is -0.591 e. The van der Waals surface area contributed by atoms with Gasteiger partial charge in [0.2, 0.25) is 0 Å². The van der Waals surface area contributed by atoms with Gasteiger partial charge in [-0.25, -0.2) is 0 Å². The zero-order chi connectivity index (χ0) is 12.3. The van der Waals surface area contributed by atoms with Crippen LogP contribution in [0, 0.1) is 6.92 Å². The first-order valence-corrected chi connectivity index (χ1v) is 6.46. The molecule has 0 aliphatic carbocycles. The Hall–Kier alpha value is -0.800. The Morgan fingerprint density at radius 1 is 1.31 bits per heavy atom. The van der Waals surface area contributed by atoms with Crippen molar-refractivity contribution in [1.82, 2.24) is 0 Å². The second-order valence-corrected chi connectivity index (χ2v) is 6.81. The van der Waals surface area contributed by atoms with Gasteiger partial charge in [-0.3, -0.25) is 0 Å². The maximum atomic E-state index is 11.9. The maximum Gasteiger partial charge on any atom is 0.144 e. The van der Waals surface area contributed by atoms with E-state index in [1.807, 2.05) is 52.8 Å². The summed E-state index contributed by atoms with van der Waals surface area (Å²) in [5.41, 5.74) is 3.06. The quantitative estimate of drug-likeness (QED) is 0.574. The largest absolute Gasteiger partial charge is 0.591 e. The summed E-state index contributed by atoms with van der Waals surface area (Å²) in [5, 5.41) is 0. The molecule has 0 N–H and O–H groups in total. The van der Waals surface area contributed by atoms with Crippen molar-refractivity contribution >= 4 is 17.1 Å². The van der Waals surface area contributed by atoms with Gasteiger partial charge in [-0.2, -0.15) is 0 Å². The number of benzene rings is 1. The Morgan fingerprint density at radius 2 is 1.94 bits per heavy atom. The van der Waals surface area contributed by atoms with E-state index in [1.165, 1.54) is 5.56 Å². The van der Waals surface area contributed by atoms with Crippen LogP contribution in [-0.2, 0) is 11.4 Å². The van der Waals surface area contributed by atoms with Crippen LogP contribution in [0.25, 0.3) is 0 Å². The molecule has 0 aromatic heterocycles. The molecule has 1 rings (SSSR count). The standard InChI is InChI=1S/C13H19NOS/c1-10-7-6-8-12(9-10)11(2)14-16(15)13(3,4)5/h6-9H,1-5H3/b14-11+. The minimum atomic E-state index is -1.19. The number of aryl methyl sites for hydroxylation is 1. The second kappa shape index (κ2) is 5.02. The third kappa shape index (κ3) is 3.65. The lowest BCUT2D eigenvalue weighted by Crippen LogP contribution is -2.26. The molecule has 1 aromatic rings. The summed E-state index contributed by atoms with van der Waals surface area (Å²) in [7, 11) is 0. The highest BCUT2D eigenvalue weighted by Crippen LogP contribution is 2.18. The lowest BCUT2D eigenvalue weighted by Gasteiger charge is -2.18. The predicted molar refractivity (Wildman–Crippen MR) is 71.3 cm³/mol. The van der Waals surface area contributed by atoms with E-state index < -0.39 is 11.4 Å². The molecule has 1 unspecified atom stereocenters. The first kappa shape index (κ1) is 13.3. The Kier molecular flexibility index (Phi) is 4.16. The van der Waals surface area contributed by atoms with E-state index in [9.17, 15) is 4.55 Å². The van der Waals surface area contributed by atoms with Crippen molar-refractivity contribution in [3.05, 3.63) is 35.4 Å². The fourth-order valence-electron chi connectivity index (χ4n) is 1.18. The first-order valence-electron chi connectivity index (χ1n) is 5.35. The minimum absolute atomic E-state index is 0.301. The lowest BCUT2D eigenvalue weighted by molar-refractivity contribution is 0.561. The van der Waals surface area contributed by atoms with Crippen LogP contribution in [0.15, 0.2) is 28.7 Å². The Morgan fingerprint density at radius 3 is 2.44 bits per heavy atom. The molecule has 88 valence electrons. The van der Waals surface area contributed by atoms with Crippen molar-refractivity contribution < 1.29 is 4.55 Å². The van der Waals surface area contributed by atoms with Gasteiger partial charge in [0, 0.05) is 5.56 Å². The fourth-order valence-corrected chi connectivity index (χ4v) is 1.81. The van der Waals surface area contributed by atoms with E-state index >= 15 is 0 Å². The van der Waals surface area contributed by atoms with Crippen molar-refractivity contribution in [2.45, 2.75) is 39.4 Å². The van der Waals surface area contributed by atoms with Crippen LogP contribution in [-0.4, -0.2) is 15.0 Å². The molecule has 1 aromatic carbocycles. The molecule has 2 nitrogen and oxygen atoms in total. The number of rotatable bonds is 2. The van der Waals surface area contributed by atoms with E-state index in [-0.39, 0.29) is 4.75 Å². The number of nitrogens with zero attached hydrogens (tertiary/aromatic N) is 1. The predicted octanol–water partition coefficient (Wildman–Crippen LogP) is 3.27. The van der Waals surface area contributed by atoms with Crippen molar-refractivity contribution in [3.8, 4) is 0 Å². The van der Waals surface area contributed by atoms with Gasteiger partial charge in [-0.15, -0.1) is 0 Å². The molecular weight excluding hydrogens is 218 g/mol. The summed E-state index contributed by atoms with van der Waals surface area (Å²) < 4.78 is 15.8. The second-order valence-electron chi connectivity index (χ2n) is 4.91. The van der Waals surface area contributed by atoms with Gasteiger partial charge >= 0.3 is 0 Å². The van der Waals surface area contributed by atoms with E-state index in [1.54, 1.807) is 0 Å². The summed E-state index contributed by atoms with van der Waals surface area (Å²) in [6, 6.07) is 8.07. The molecule has 0 aliphatic rings. The molecule has 0 heterocycles. The van der Waals surface area contributed by atoms with Gasteiger partial charge in [-0.1, -0.05) is 34.2 Å². The van der Waals surface area contributed by atoms with Crippen LogP contribution in [0.2, 0.25) is 0 Å². The van der Waals surface area contributed by atoms with Gasteiger partial charge in [0.25, 0.3) is 0 Å². The van der Waals surface area contributed by atoms with Gasteiger partial charge < -0.3 is 4.55 Å². The normalized spacial score (nSPS) is 15.0. The highest BCUT2D eigenvalue weighted by Gasteiger charge is 2.26. The van der Waals surface area contributed by atoms with E-state index in [0.29, 0.717) is 0 Å². The summed E-state index contributed by atoms with van der Waals surface area (Å²) in [5.74, 6) is 0. The highest BCUT2D eigenvalue weighted by molar-refractivity contribution is 7.91. The molecule has 1 atom stereocenters. The molecule has 3 heteroatoms. The van der Waals surface area contributed by atoms with Crippen molar-refractivity contribution in [2.24, 2.45) is 4.40 Å². The third-order valence-electron chi connectivity index (χ3n) is 2.18. The Bertz CT molecular complexity index is 393. The highest BCUT2D eigenvalue weighted by atomic mass is 32.2.